The van der Waals surface area contributed by atoms with Crippen molar-refractivity contribution in [2.75, 3.05) is 14.2 Å². The molecule has 0 bridgehead atoms. The summed E-state index contributed by atoms with van der Waals surface area (Å²) in [5.74, 6) is 1.68. The Labute approximate surface area is 162 Å². The van der Waals surface area contributed by atoms with Gasteiger partial charge in [-0.2, -0.15) is 0 Å². The molecular formula is C20H14INO4. The quantitative estimate of drug-likeness (QED) is 0.330. The lowest BCUT2D eigenvalue weighted by Crippen LogP contribution is -2.05. The van der Waals surface area contributed by atoms with Crippen LogP contribution in [0.5, 0.6) is 11.5 Å². The third-order valence-corrected chi connectivity index (χ3v) is 5.16. The van der Waals surface area contributed by atoms with Gasteiger partial charge in [0.1, 0.15) is 11.5 Å². The molecule has 0 amide bonds. The van der Waals surface area contributed by atoms with E-state index < -0.39 is 5.63 Å². The molecule has 0 spiro atoms. The highest BCUT2D eigenvalue weighted by Crippen LogP contribution is 2.34. The van der Waals surface area contributed by atoms with E-state index in [2.05, 4.69) is 27.6 Å². The van der Waals surface area contributed by atoms with Gasteiger partial charge in [-0.25, -0.2) is 9.78 Å². The number of rotatable bonds is 3. The molecule has 0 unspecified atom stereocenters. The minimum Gasteiger partial charge on any atom is -0.497 e. The summed E-state index contributed by atoms with van der Waals surface area (Å²) < 4.78 is 17.0. The summed E-state index contributed by atoms with van der Waals surface area (Å²) in [7, 11) is 3.15. The second kappa shape index (κ2) is 6.60. The lowest BCUT2D eigenvalue weighted by molar-refractivity contribution is 0.394. The Hall–Kier alpha value is -2.61. The van der Waals surface area contributed by atoms with Crippen LogP contribution >= 0.6 is 22.6 Å². The van der Waals surface area contributed by atoms with E-state index in [1.807, 2.05) is 30.3 Å². The van der Waals surface area contributed by atoms with E-state index in [4.69, 9.17) is 13.9 Å². The van der Waals surface area contributed by atoms with Crippen molar-refractivity contribution in [1.29, 1.82) is 0 Å². The van der Waals surface area contributed by atoms with E-state index in [9.17, 15) is 4.79 Å². The van der Waals surface area contributed by atoms with Crippen LogP contribution in [0.1, 0.15) is 0 Å². The van der Waals surface area contributed by atoms with E-state index in [0.29, 0.717) is 33.7 Å². The van der Waals surface area contributed by atoms with Gasteiger partial charge in [0.2, 0.25) is 0 Å². The second-order valence-corrected chi connectivity index (χ2v) is 6.79. The fourth-order valence-corrected chi connectivity index (χ4v) is 3.70. The van der Waals surface area contributed by atoms with Crippen molar-refractivity contribution in [2.45, 2.75) is 0 Å². The van der Waals surface area contributed by atoms with Crippen LogP contribution in [0, 0.1) is 3.57 Å². The van der Waals surface area contributed by atoms with Crippen LogP contribution in [0.25, 0.3) is 33.1 Å². The molecule has 4 aromatic rings. The van der Waals surface area contributed by atoms with Gasteiger partial charge in [-0.3, -0.25) is 0 Å². The first-order chi connectivity index (χ1) is 12.6. The molecule has 26 heavy (non-hydrogen) atoms. The Morgan fingerprint density at radius 3 is 2.38 bits per heavy atom. The normalized spacial score (nSPS) is 11.0. The molecule has 5 nitrogen and oxygen atoms in total. The first kappa shape index (κ1) is 16.8. The van der Waals surface area contributed by atoms with Gasteiger partial charge in [-0.15, -0.1) is 0 Å². The summed E-state index contributed by atoms with van der Waals surface area (Å²) in [5, 5.41) is 1.37. The number of fused-ring (bicyclic) bond motifs is 2. The molecule has 4 rings (SSSR count). The molecule has 0 aliphatic carbocycles. The maximum Gasteiger partial charge on any atom is 0.345 e. The SMILES string of the molecule is COc1cc(OC)cc(-c2oc(=O)c3cc4ccccc4nc3c2I)c1. The fraction of sp³-hybridized carbons (Fsp3) is 0.100. The zero-order valence-electron chi connectivity index (χ0n) is 14.1. The predicted octanol–water partition coefficient (Wildman–Crippen LogP) is 4.63. The minimum atomic E-state index is -0.421. The number of hydrogen-bond donors (Lipinski definition) is 0. The topological polar surface area (TPSA) is 61.6 Å². The highest BCUT2D eigenvalue weighted by Gasteiger charge is 2.17. The number of aromatic nitrogens is 1. The third kappa shape index (κ3) is 2.80. The standard InChI is InChI=1S/C20H14INO4/c1-24-13-7-12(8-14(10-13)25-2)19-17(21)18-15(20(23)26-19)9-11-5-3-4-6-16(11)22-18/h3-10H,1-2H3. The summed E-state index contributed by atoms with van der Waals surface area (Å²) in [6, 6.07) is 14.9. The van der Waals surface area contributed by atoms with Gasteiger partial charge in [0, 0.05) is 17.0 Å². The Balaban J connectivity index is 2.04. The Bertz CT molecular complexity index is 1180. The summed E-state index contributed by atoms with van der Waals surface area (Å²) in [5.41, 5.74) is 1.73. The van der Waals surface area contributed by atoms with Gasteiger partial charge >= 0.3 is 5.63 Å². The molecule has 0 aliphatic heterocycles. The molecule has 130 valence electrons. The summed E-state index contributed by atoms with van der Waals surface area (Å²) in [4.78, 5) is 17.3. The molecule has 0 aliphatic rings. The van der Waals surface area contributed by atoms with E-state index in [1.54, 1.807) is 32.4 Å². The monoisotopic (exact) mass is 459 g/mol. The van der Waals surface area contributed by atoms with Crippen LogP contribution in [-0.4, -0.2) is 19.2 Å². The van der Waals surface area contributed by atoms with Gasteiger partial charge in [-0.1, -0.05) is 18.2 Å². The van der Waals surface area contributed by atoms with E-state index in [-0.39, 0.29) is 0 Å². The maximum atomic E-state index is 12.6. The van der Waals surface area contributed by atoms with Crippen molar-refractivity contribution in [1.82, 2.24) is 4.98 Å². The van der Waals surface area contributed by atoms with Gasteiger partial charge in [-0.05, 0) is 46.9 Å². The average Bonchev–Trinajstić information content (AvgIpc) is 2.69. The molecule has 0 saturated carbocycles. The van der Waals surface area contributed by atoms with Crippen molar-refractivity contribution in [3.05, 3.63) is 62.5 Å². The average molecular weight is 459 g/mol. The van der Waals surface area contributed by atoms with Gasteiger partial charge < -0.3 is 13.9 Å². The van der Waals surface area contributed by atoms with Crippen LogP contribution in [0.4, 0.5) is 0 Å². The van der Waals surface area contributed by atoms with Crippen LogP contribution in [0.2, 0.25) is 0 Å². The highest BCUT2D eigenvalue weighted by molar-refractivity contribution is 14.1. The van der Waals surface area contributed by atoms with Crippen molar-refractivity contribution in [2.24, 2.45) is 0 Å². The minimum absolute atomic E-state index is 0.421. The number of halogens is 1. The van der Waals surface area contributed by atoms with Crippen LogP contribution in [0.15, 0.2) is 57.7 Å². The van der Waals surface area contributed by atoms with E-state index >= 15 is 0 Å². The third-order valence-electron chi connectivity index (χ3n) is 4.16. The number of ether oxygens (including phenoxy) is 2. The van der Waals surface area contributed by atoms with Crippen molar-refractivity contribution < 1.29 is 13.9 Å². The smallest absolute Gasteiger partial charge is 0.345 e. The zero-order chi connectivity index (χ0) is 18.3. The molecule has 0 fully saturated rings. The first-order valence-electron chi connectivity index (χ1n) is 7.86. The molecule has 0 saturated heterocycles. The van der Waals surface area contributed by atoms with Crippen molar-refractivity contribution in [3.8, 4) is 22.8 Å². The van der Waals surface area contributed by atoms with Crippen LogP contribution in [0.3, 0.4) is 0 Å². The Morgan fingerprint density at radius 1 is 1.00 bits per heavy atom. The summed E-state index contributed by atoms with van der Waals surface area (Å²) in [6.07, 6.45) is 0. The van der Waals surface area contributed by atoms with Crippen molar-refractivity contribution in [3.63, 3.8) is 0 Å². The number of para-hydroxylation sites is 1. The zero-order valence-corrected chi connectivity index (χ0v) is 16.2. The van der Waals surface area contributed by atoms with Crippen LogP contribution < -0.4 is 15.1 Å². The molecule has 0 atom stereocenters. The van der Waals surface area contributed by atoms with Gasteiger partial charge in [0.15, 0.2) is 5.76 Å². The molecular weight excluding hydrogens is 445 g/mol. The van der Waals surface area contributed by atoms with Crippen molar-refractivity contribution >= 4 is 44.4 Å². The number of nitrogens with zero attached hydrogens (tertiary/aromatic N) is 1. The number of hydrogen-bond acceptors (Lipinski definition) is 5. The molecule has 6 heteroatoms. The Morgan fingerprint density at radius 2 is 1.69 bits per heavy atom. The predicted molar refractivity (Wildman–Crippen MR) is 109 cm³/mol. The first-order valence-corrected chi connectivity index (χ1v) is 8.94. The van der Waals surface area contributed by atoms with E-state index in [1.165, 1.54) is 0 Å². The number of methoxy groups -OCH3 is 2. The molecule has 2 aromatic carbocycles. The number of pyridine rings is 1. The largest absolute Gasteiger partial charge is 0.497 e. The van der Waals surface area contributed by atoms with Gasteiger partial charge in [0.05, 0.1) is 34.2 Å². The second-order valence-electron chi connectivity index (χ2n) is 5.71. The molecule has 2 aromatic heterocycles. The lowest BCUT2D eigenvalue weighted by atomic mass is 10.1. The molecule has 2 heterocycles. The number of benzene rings is 2. The fourth-order valence-electron chi connectivity index (χ4n) is 2.86. The molecule has 0 N–H and O–H groups in total. The molecule has 0 radical (unpaired) electrons. The lowest BCUT2D eigenvalue weighted by Gasteiger charge is -2.10. The van der Waals surface area contributed by atoms with E-state index in [0.717, 1.165) is 14.5 Å². The van der Waals surface area contributed by atoms with Crippen LogP contribution in [-0.2, 0) is 0 Å². The Kier molecular flexibility index (Phi) is 4.28. The summed E-state index contributed by atoms with van der Waals surface area (Å²) in [6.45, 7) is 0. The maximum absolute atomic E-state index is 12.6. The van der Waals surface area contributed by atoms with Gasteiger partial charge in [0.25, 0.3) is 0 Å². The summed E-state index contributed by atoms with van der Waals surface area (Å²) >= 11 is 2.16. The highest BCUT2D eigenvalue weighted by atomic mass is 127.